The number of carbonyl (C=O) groups excluding carboxylic acids is 1. The van der Waals surface area contributed by atoms with Crippen LogP contribution in [0.25, 0.3) is 21.8 Å². The van der Waals surface area contributed by atoms with Crippen molar-refractivity contribution >= 4 is 27.7 Å². The molecule has 5 heteroatoms. The number of amides is 1. The van der Waals surface area contributed by atoms with Crippen LogP contribution in [-0.4, -0.2) is 28.6 Å². The molecule has 4 aromatic rings. The first kappa shape index (κ1) is 19.6. The SMILES string of the molecule is O=C(NCCc1nc2ccccc2n1CCCOc1cccc2ccccc12)C1CC1. The van der Waals surface area contributed by atoms with Gasteiger partial charge in [0, 0.05) is 30.8 Å². The Hall–Kier alpha value is -3.34. The molecule has 5 nitrogen and oxygen atoms in total. The highest BCUT2D eigenvalue weighted by atomic mass is 16.5. The van der Waals surface area contributed by atoms with Gasteiger partial charge in [0.15, 0.2) is 0 Å². The normalized spacial score (nSPS) is 13.5. The number of ether oxygens (including phenoxy) is 1. The van der Waals surface area contributed by atoms with Gasteiger partial charge in [0.1, 0.15) is 11.6 Å². The molecule has 1 amide bonds. The van der Waals surface area contributed by atoms with Gasteiger partial charge in [-0.25, -0.2) is 4.98 Å². The smallest absolute Gasteiger partial charge is 0.223 e. The van der Waals surface area contributed by atoms with Crippen LogP contribution >= 0.6 is 0 Å². The van der Waals surface area contributed by atoms with E-state index in [2.05, 4.69) is 34.1 Å². The van der Waals surface area contributed by atoms with Crippen LogP contribution in [0.4, 0.5) is 0 Å². The summed E-state index contributed by atoms with van der Waals surface area (Å²) in [5, 5.41) is 5.39. The molecular formula is C26H27N3O2. The molecule has 1 aromatic heterocycles. The minimum atomic E-state index is 0.186. The van der Waals surface area contributed by atoms with Crippen molar-refractivity contribution in [1.82, 2.24) is 14.9 Å². The number of aryl methyl sites for hydroxylation is 1. The Bertz CT molecular complexity index is 1200. The Morgan fingerprint density at radius 1 is 1.03 bits per heavy atom. The quantitative estimate of drug-likeness (QED) is 0.404. The second-order valence-electron chi connectivity index (χ2n) is 8.16. The fourth-order valence-electron chi connectivity index (χ4n) is 4.08. The van der Waals surface area contributed by atoms with E-state index < -0.39 is 0 Å². The van der Waals surface area contributed by atoms with E-state index in [1.54, 1.807) is 0 Å². The van der Waals surface area contributed by atoms with Crippen molar-refractivity contribution in [1.29, 1.82) is 0 Å². The summed E-state index contributed by atoms with van der Waals surface area (Å²) in [6, 6.07) is 22.7. The largest absolute Gasteiger partial charge is 0.493 e. The van der Waals surface area contributed by atoms with Crippen molar-refractivity contribution in [2.24, 2.45) is 5.92 Å². The molecule has 1 fully saturated rings. The van der Waals surface area contributed by atoms with Crippen LogP contribution in [0.2, 0.25) is 0 Å². The number of carbonyl (C=O) groups is 1. The first-order chi connectivity index (χ1) is 15.3. The van der Waals surface area contributed by atoms with E-state index in [0.29, 0.717) is 13.2 Å². The van der Waals surface area contributed by atoms with Crippen LogP contribution in [0, 0.1) is 5.92 Å². The topological polar surface area (TPSA) is 56.2 Å². The number of fused-ring (bicyclic) bond motifs is 2. The number of para-hydroxylation sites is 2. The average Bonchev–Trinajstić information content (AvgIpc) is 3.60. The van der Waals surface area contributed by atoms with Crippen molar-refractivity contribution in [2.45, 2.75) is 32.2 Å². The molecule has 158 valence electrons. The molecule has 31 heavy (non-hydrogen) atoms. The number of nitrogens with zero attached hydrogens (tertiary/aromatic N) is 2. The van der Waals surface area contributed by atoms with Crippen LogP contribution in [0.3, 0.4) is 0 Å². The summed E-state index contributed by atoms with van der Waals surface area (Å²) in [7, 11) is 0. The lowest BCUT2D eigenvalue weighted by molar-refractivity contribution is -0.122. The fraction of sp³-hybridized carbons (Fsp3) is 0.308. The van der Waals surface area contributed by atoms with Gasteiger partial charge < -0.3 is 14.6 Å². The number of benzene rings is 3. The molecule has 0 saturated heterocycles. The third-order valence-corrected chi connectivity index (χ3v) is 5.86. The van der Waals surface area contributed by atoms with Crippen LogP contribution < -0.4 is 10.1 Å². The predicted octanol–water partition coefficient (Wildman–Crippen LogP) is 4.73. The van der Waals surface area contributed by atoms with E-state index >= 15 is 0 Å². The number of aromatic nitrogens is 2. The molecule has 0 atom stereocenters. The molecule has 0 radical (unpaired) electrons. The van der Waals surface area contributed by atoms with Gasteiger partial charge in [-0.15, -0.1) is 0 Å². The minimum Gasteiger partial charge on any atom is -0.493 e. The monoisotopic (exact) mass is 413 g/mol. The van der Waals surface area contributed by atoms with E-state index in [0.717, 1.165) is 60.2 Å². The average molecular weight is 414 g/mol. The zero-order valence-corrected chi connectivity index (χ0v) is 17.6. The lowest BCUT2D eigenvalue weighted by atomic mass is 10.1. The highest BCUT2D eigenvalue weighted by Gasteiger charge is 2.29. The summed E-state index contributed by atoms with van der Waals surface area (Å²) in [4.78, 5) is 16.8. The first-order valence-electron chi connectivity index (χ1n) is 11.1. The lowest BCUT2D eigenvalue weighted by Gasteiger charge is -2.12. The molecule has 0 bridgehead atoms. The van der Waals surface area contributed by atoms with Gasteiger partial charge in [-0.1, -0.05) is 48.5 Å². The summed E-state index contributed by atoms with van der Waals surface area (Å²) in [6.07, 6.45) is 3.67. The van der Waals surface area contributed by atoms with Gasteiger partial charge in [0.2, 0.25) is 5.91 Å². The Morgan fingerprint density at radius 3 is 2.74 bits per heavy atom. The van der Waals surface area contributed by atoms with Gasteiger partial charge in [-0.2, -0.15) is 0 Å². The van der Waals surface area contributed by atoms with Crippen molar-refractivity contribution in [3.8, 4) is 5.75 Å². The molecule has 1 heterocycles. The summed E-state index contributed by atoms with van der Waals surface area (Å²) < 4.78 is 8.39. The molecule has 1 aliphatic rings. The number of imidazole rings is 1. The van der Waals surface area contributed by atoms with Crippen LogP contribution in [0.1, 0.15) is 25.1 Å². The highest BCUT2D eigenvalue weighted by molar-refractivity contribution is 5.88. The van der Waals surface area contributed by atoms with Crippen molar-refractivity contribution in [3.63, 3.8) is 0 Å². The Morgan fingerprint density at radius 2 is 1.84 bits per heavy atom. The molecule has 3 aromatic carbocycles. The molecule has 0 unspecified atom stereocenters. The number of hydrogen-bond acceptors (Lipinski definition) is 3. The maximum Gasteiger partial charge on any atom is 0.223 e. The minimum absolute atomic E-state index is 0.186. The zero-order chi connectivity index (χ0) is 21.0. The van der Waals surface area contributed by atoms with Gasteiger partial charge in [-0.05, 0) is 42.8 Å². The molecule has 5 rings (SSSR count). The van der Waals surface area contributed by atoms with E-state index in [-0.39, 0.29) is 11.8 Å². The molecule has 1 N–H and O–H groups in total. The van der Waals surface area contributed by atoms with Gasteiger partial charge >= 0.3 is 0 Å². The predicted molar refractivity (Wildman–Crippen MR) is 123 cm³/mol. The lowest BCUT2D eigenvalue weighted by Crippen LogP contribution is -2.27. The van der Waals surface area contributed by atoms with Crippen LogP contribution in [0.5, 0.6) is 5.75 Å². The Labute approximate surface area is 182 Å². The number of nitrogens with one attached hydrogen (secondary N) is 1. The third kappa shape index (κ3) is 4.41. The van der Waals surface area contributed by atoms with Gasteiger partial charge in [-0.3, -0.25) is 4.79 Å². The van der Waals surface area contributed by atoms with Crippen LogP contribution in [0.15, 0.2) is 66.7 Å². The fourth-order valence-corrected chi connectivity index (χ4v) is 4.08. The third-order valence-electron chi connectivity index (χ3n) is 5.86. The summed E-state index contributed by atoms with van der Waals surface area (Å²) in [5.74, 6) is 2.37. The summed E-state index contributed by atoms with van der Waals surface area (Å²) >= 11 is 0. The van der Waals surface area contributed by atoms with Crippen molar-refractivity contribution in [2.75, 3.05) is 13.2 Å². The second-order valence-corrected chi connectivity index (χ2v) is 8.16. The molecule has 0 spiro atoms. The molecular weight excluding hydrogens is 386 g/mol. The highest BCUT2D eigenvalue weighted by Crippen LogP contribution is 2.28. The second kappa shape index (κ2) is 8.80. The Balaban J connectivity index is 1.24. The van der Waals surface area contributed by atoms with Crippen molar-refractivity contribution < 1.29 is 9.53 Å². The van der Waals surface area contributed by atoms with E-state index in [1.165, 1.54) is 5.39 Å². The van der Waals surface area contributed by atoms with Crippen LogP contribution in [-0.2, 0) is 17.8 Å². The molecule has 0 aliphatic heterocycles. The van der Waals surface area contributed by atoms with Crippen molar-refractivity contribution in [3.05, 3.63) is 72.6 Å². The number of rotatable bonds is 9. The maximum absolute atomic E-state index is 11.9. The summed E-state index contributed by atoms with van der Waals surface area (Å²) in [6.45, 7) is 2.10. The number of hydrogen-bond donors (Lipinski definition) is 1. The Kier molecular flexibility index (Phi) is 5.57. The maximum atomic E-state index is 11.9. The molecule has 1 aliphatic carbocycles. The van der Waals surface area contributed by atoms with Gasteiger partial charge in [0.05, 0.1) is 17.6 Å². The first-order valence-corrected chi connectivity index (χ1v) is 11.1. The van der Waals surface area contributed by atoms with Gasteiger partial charge in [0.25, 0.3) is 0 Å². The molecule has 1 saturated carbocycles. The zero-order valence-electron chi connectivity index (χ0n) is 17.6. The van der Waals surface area contributed by atoms with E-state index in [1.807, 2.05) is 42.5 Å². The summed E-state index contributed by atoms with van der Waals surface area (Å²) in [5.41, 5.74) is 2.14. The van der Waals surface area contributed by atoms with E-state index in [4.69, 9.17) is 9.72 Å². The standard InChI is InChI=1S/C26H27N3O2/c30-26(20-13-14-20)27-16-15-25-28-22-10-3-4-11-23(22)29(25)17-6-18-31-24-12-5-8-19-7-1-2-9-21(19)24/h1-5,7-12,20H,6,13-18H2,(H,27,30). The van der Waals surface area contributed by atoms with E-state index in [9.17, 15) is 4.79 Å².